The maximum atomic E-state index is 12.5. The molecule has 2 N–H and O–H groups in total. The number of nitrogens with one attached hydrogen (secondary N) is 2. The Hall–Kier alpha value is -3.56. The van der Waals surface area contributed by atoms with Gasteiger partial charge in [0.1, 0.15) is 12.1 Å². The number of benzene rings is 1. The molecule has 2 aliphatic heterocycles. The maximum absolute atomic E-state index is 12.5. The van der Waals surface area contributed by atoms with Gasteiger partial charge in [-0.3, -0.25) is 9.69 Å². The lowest BCUT2D eigenvalue weighted by Crippen LogP contribution is -2.42. The van der Waals surface area contributed by atoms with Gasteiger partial charge in [0.2, 0.25) is 5.91 Å². The van der Waals surface area contributed by atoms with E-state index in [1.807, 2.05) is 0 Å². The van der Waals surface area contributed by atoms with Crippen LogP contribution in [0, 0.1) is 0 Å². The van der Waals surface area contributed by atoms with E-state index in [4.69, 9.17) is 14.2 Å². The third kappa shape index (κ3) is 5.53. The molecule has 0 atom stereocenters. The van der Waals surface area contributed by atoms with Gasteiger partial charge in [-0.1, -0.05) is 0 Å². The summed E-state index contributed by atoms with van der Waals surface area (Å²) in [7, 11) is 0. The number of carbonyl (C=O) groups excluding carboxylic acids is 4. The fraction of sp³-hybridized carbons (Fsp3) is 0.429. The monoisotopic (exact) mass is 431 g/mol. The zero-order valence-electron chi connectivity index (χ0n) is 18.0. The highest BCUT2D eigenvalue weighted by atomic mass is 16.7. The van der Waals surface area contributed by atoms with Crippen LogP contribution < -0.4 is 10.6 Å². The quantitative estimate of drug-likeness (QED) is 0.416. The molecule has 166 valence electrons. The van der Waals surface area contributed by atoms with E-state index in [9.17, 15) is 19.2 Å². The highest BCUT2D eigenvalue weighted by Gasteiger charge is 2.39. The standard InChI is InChI=1S/C21H25N3O7/c1-20(2,3)31-19(28)24-10-12-8-13(6-7-15(12)23-16(25)11-24)22-9-14-17(26)29-21(4,5)30-18(14)27/h6-9,22H,10-11H2,1-5H3,(H,23,25). The summed E-state index contributed by atoms with van der Waals surface area (Å²) in [4.78, 5) is 50.0. The minimum Gasteiger partial charge on any atom is -0.444 e. The average Bonchev–Trinajstić information content (AvgIpc) is 2.76. The number of esters is 2. The molecule has 3 rings (SSSR count). The molecule has 2 amide bonds. The third-order valence-corrected chi connectivity index (χ3v) is 4.23. The van der Waals surface area contributed by atoms with Crippen LogP contribution in [-0.2, 0) is 35.1 Å². The molecule has 0 spiro atoms. The van der Waals surface area contributed by atoms with Crippen LogP contribution in [0.15, 0.2) is 30.0 Å². The molecule has 0 aliphatic carbocycles. The fourth-order valence-electron chi connectivity index (χ4n) is 2.95. The minimum absolute atomic E-state index is 0.132. The lowest BCUT2D eigenvalue weighted by molar-refractivity contribution is -0.222. The largest absolute Gasteiger partial charge is 0.444 e. The summed E-state index contributed by atoms with van der Waals surface area (Å²) < 4.78 is 15.5. The van der Waals surface area contributed by atoms with Crippen molar-refractivity contribution in [2.24, 2.45) is 0 Å². The SMILES string of the molecule is CC(C)(C)OC(=O)N1CC(=O)Nc2ccc(NC=C3C(=O)OC(C)(C)OC3=O)cc2C1. The summed E-state index contributed by atoms with van der Waals surface area (Å²) in [5.74, 6) is -3.26. The van der Waals surface area contributed by atoms with Crippen LogP contribution in [-0.4, -0.2) is 46.8 Å². The van der Waals surface area contributed by atoms with Crippen molar-refractivity contribution in [1.82, 2.24) is 4.90 Å². The molecule has 10 nitrogen and oxygen atoms in total. The predicted octanol–water partition coefficient (Wildman–Crippen LogP) is 2.51. The van der Waals surface area contributed by atoms with Gasteiger partial charge in [-0.15, -0.1) is 0 Å². The molecule has 1 aromatic carbocycles. The van der Waals surface area contributed by atoms with Gasteiger partial charge in [0.05, 0.1) is 6.54 Å². The summed E-state index contributed by atoms with van der Waals surface area (Å²) in [6.07, 6.45) is 0.592. The molecule has 31 heavy (non-hydrogen) atoms. The second kappa shape index (κ2) is 7.93. The zero-order valence-corrected chi connectivity index (χ0v) is 18.0. The molecular formula is C21H25N3O7. The molecule has 0 radical (unpaired) electrons. The summed E-state index contributed by atoms with van der Waals surface area (Å²) >= 11 is 0. The van der Waals surface area contributed by atoms with E-state index in [0.29, 0.717) is 16.9 Å². The van der Waals surface area contributed by atoms with E-state index in [0.717, 1.165) is 0 Å². The Morgan fingerprint density at radius 3 is 2.42 bits per heavy atom. The van der Waals surface area contributed by atoms with Gasteiger partial charge in [-0.05, 0) is 44.5 Å². The molecule has 10 heteroatoms. The van der Waals surface area contributed by atoms with Gasteiger partial charge in [0.25, 0.3) is 5.79 Å². The summed E-state index contributed by atoms with van der Waals surface area (Å²) in [5, 5.41) is 5.60. The van der Waals surface area contributed by atoms with E-state index in [-0.39, 0.29) is 24.6 Å². The number of hydrogen-bond donors (Lipinski definition) is 2. The Labute approximate surface area is 179 Å². The van der Waals surface area contributed by atoms with Gasteiger partial charge >= 0.3 is 18.0 Å². The second-order valence-corrected chi connectivity index (χ2v) is 8.64. The summed E-state index contributed by atoms with van der Waals surface area (Å²) in [6, 6.07) is 5.01. The Balaban J connectivity index is 1.79. The van der Waals surface area contributed by atoms with Crippen LogP contribution in [0.4, 0.5) is 16.2 Å². The van der Waals surface area contributed by atoms with Crippen molar-refractivity contribution in [3.05, 3.63) is 35.5 Å². The number of ether oxygens (including phenoxy) is 3. The molecule has 1 aromatic rings. The fourth-order valence-corrected chi connectivity index (χ4v) is 2.95. The minimum atomic E-state index is -1.32. The summed E-state index contributed by atoms with van der Waals surface area (Å²) in [5.41, 5.74) is 0.744. The number of anilines is 2. The predicted molar refractivity (Wildman–Crippen MR) is 110 cm³/mol. The molecule has 1 saturated heterocycles. The van der Waals surface area contributed by atoms with Gasteiger partial charge < -0.3 is 24.8 Å². The Morgan fingerprint density at radius 1 is 1.16 bits per heavy atom. The molecule has 0 saturated carbocycles. The number of nitrogens with zero attached hydrogens (tertiary/aromatic N) is 1. The van der Waals surface area contributed by atoms with E-state index < -0.39 is 29.4 Å². The van der Waals surface area contributed by atoms with Gasteiger partial charge in [0, 0.05) is 31.4 Å². The number of rotatable bonds is 2. The van der Waals surface area contributed by atoms with Crippen molar-refractivity contribution in [3.8, 4) is 0 Å². The smallest absolute Gasteiger partial charge is 0.411 e. The lowest BCUT2D eigenvalue weighted by atomic mass is 10.1. The zero-order chi connectivity index (χ0) is 23.0. The Bertz CT molecular complexity index is 954. The van der Waals surface area contributed by atoms with Crippen LogP contribution in [0.25, 0.3) is 0 Å². The van der Waals surface area contributed by atoms with Crippen molar-refractivity contribution in [3.63, 3.8) is 0 Å². The highest BCUT2D eigenvalue weighted by molar-refractivity contribution is 6.15. The van der Waals surface area contributed by atoms with Crippen LogP contribution in [0.2, 0.25) is 0 Å². The maximum Gasteiger partial charge on any atom is 0.411 e. The van der Waals surface area contributed by atoms with Crippen LogP contribution in [0.5, 0.6) is 0 Å². The Morgan fingerprint density at radius 2 is 1.81 bits per heavy atom. The van der Waals surface area contributed by atoms with Crippen molar-refractivity contribution in [2.45, 2.75) is 52.6 Å². The van der Waals surface area contributed by atoms with Crippen LogP contribution in [0.3, 0.4) is 0 Å². The van der Waals surface area contributed by atoms with Crippen LogP contribution in [0.1, 0.15) is 40.2 Å². The molecule has 2 aliphatic rings. The molecular weight excluding hydrogens is 406 g/mol. The average molecular weight is 431 g/mol. The van der Waals surface area contributed by atoms with Crippen molar-refractivity contribution < 1.29 is 33.4 Å². The van der Waals surface area contributed by atoms with E-state index in [1.165, 1.54) is 24.9 Å². The van der Waals surface area contributed by atoms with Gasteiger partial charge in [-0.2, -0.15) is 0 Å². The molecule has 0 aromatic heterocycles. The molecule has 0 bridgehead atoms. The van der Waals surface area contributed by atoms with Gasteiger partial charge in [-0.25, -0.2) is 14.4 Å². The normalized spacial score (nSPS) is 18.2. The van der Waals surface area contributed by atoms with Gasteiger partial charge in [0.15, 0.2) is 5.57 Å². The van der Waals surface area contributed by atoms with Crippen molar-refractivity contribution in [2.75, 3.05) is 17.2 Å². The highest BCUT2D eigenvalue weighted by Crippen LogP contribution is 2.27. The topological polar surface area (TPSA) is 123 Å². The van der Waals surface area contributed by atoms with Crippen LogP contribution >= 0.6 is 0 Å². The lowest BCUT2D eigenvalue weighted by Gasteiger charge is -2.29. The number of cyclic esters (lactones) is 2. The molecule has 0 unspecified atom stereocenters. The molecule has 1 fully saturated rings. The Kier molecular flexibility index (Phi) is 5.66. The first-order chi connectivity index (χ1) is 14.3. The second-order valence-electron chi connectivity index (χ2n) is 8.64. The number of fused-ring (bicyclic) bond motifs is 1. The molecule has 2 heterocycles. The first-order valence-corrected chi connectivity index (χ1v) is 9.67. The van der Waals surface area contributed by atoms with E-state index >= 15 is 0 Å². The van der Waals surface area contributed by atoms with E-state index in [2.05, 4.69) is 10.6 Å². The number of carbonyl (C=O) groups is 4. The first-order valence-electron chi connectivity index (χ1n) is 9.67. The third-order valence-electron chi connectivity index (χ3n) is 4.23. The van der Waals surface area contributed by atoms with Crippen molar-refractivity contribution >= 4 is 35.3 Å². The first kappa shape index (κ1) is 22.1. The van der Waals surface area contributed by atoms with Crippen molar-refractivity contribution in [1.29, 1.82) is 0 Å². The van der Waals surface area contributed by atoms with E-state index in [1.54, 1.807) is 39.0 Å². The number of amides is 2. The number of hydrogen-bond acceptors (Lipinski definition) is 8. The summed E-state index contributed by atoms with van der Waals surface area (Å²) in [6.45, 7) is 8.14.